The first-order chi connectivity index (χ1) is 18.0. The number of nitrogens with one attached hydrogen (secondary N) is 1. The van der Waals surface area contributed by atoms with Gasteiger partial charge in [0.25, 0.3) is 5.91 Å². The molecule has 0 spiro atoms. The van der Waals surface area contributed by atoms with Crippen LogP contribution in [0.5, 0.6) is 5.75 Å². The first-order valence-electron chi connectivity index (χ1n) is 13.1. The molecule has 1 N–H and O–H groups in total. The van der Waals surface area contributed by atoms with E-state index in [0.29, 0.717) is 24.6 Å². The molecule has 0 unspecified atom stereocenters. The zero-order valence-electron chi connectivity index (χ0n) is 23.0. The molecule has 38 heavy (non-hydrogen) atoms. The minimum atomic E-state index is -0.691. The molecule has 0 aliphatic heterocycles. The number of carbonyl (C=O) groups is 2. The lowest BCUT2D eigenvalue weighted by atomic mass is 9.86. The molecule has 0 radical (unpaired) electrons. The van der Waals surface area contributed by atoms with Crippen molar-refractivity contribution in [1.82, 2.24) is 10.2 Å². The summed E-state index contributed by atoms with van der Waals surface area (Å²) in [5, 5.41) is 3.05. The highest BCUT2D eigenvalue weighted by Crippen LogP contribution is 2.31. The monoisotopic (exact) mass is 578 g/mol. The summed E-state index contributed by atoms with van der Waals surface area (Å²) in [6.07, 6.45) is 0.406. The van der Waals surface area contributed by atoms with E-state index in [1.807, 2.05) is 78.9 Å². The highest BCUT2D eigenvalue weighted by molar-refractivity contribution is 9.10. The minimum Gasteiger partial charge on any atom is -0.483 e. The molecule has 0 bridgehead atoms. The predicted molar refractivity (Wildman–Crippen MR) is 157 cm³/mol. The van der Waals surface area contributed by atoms with Gasteiger partial charge in [-0.05, 0) is 46.2 Å². The average molecular weight is 580 g/mol. The van der Waals surface area contributed by atoms with E-state index < -0.39 is 6.04 Å². The molecule has 2 amide bonds. The fourth-order valence-electron chi connectivity index (χ4n) is 4.24. The second kappa shape index (κ2) is 13.6. The van der Waals surface area contributed by atoms with Crippen LogP contribution in [-0.4, -0.2) is 35.9 Å². The summed E-state index contributed by atoms with van der Waals surface area (Å²) < 4.78 is 7.03. The quantitative estimate of drug-likeness (QED) is 0.281. The van der Waals surface area contributed by atoms with E-state index in [0.717, 1.165) is 21.2 Å². The van der Waals surface area contributed by atoms with Crippen LogP contribution in [0, 0.1) is 5.92 Å². The van der Waals surface area contributed by atoms with Gasteiger partial charge in [0.15, 0.2) is 6.61 Å². The number of hydrogen-bond donors (Lipinski definition) is 1. The summed E-state index contributed by atoms with van der Waals surface area (Å²) in [5.41, 5.74) is 2.81. The zero-order valence-corrected chi connectivity index (χ0v) is 24.6. The third-order valence-electron chi connectivity index (χ3n) is 6.24. The van der Waals surface area contributed by atoms with Crippen molar-refractivity contribution in [3.05, 3.63) is 100 Å². The van der Waals surface area contributed by atoms with Gasteiger partial charge in [-0.1, -0.05) is 111 Å². The number of amides is 2. The standard InChI is InChI=1S/C32H39BrN2O3/c1-23(2)20-34-31(37)28(19-24-12-7-6-8-13-24)35(21-25-14-11-15-26(33)18-25)30(36)22-38-29-17-10-9-16-27(29)32(3,4)5/h6-18,23,28H,19-22H2,1-5H3,(H,34,37)/t28-/m0/s1. The Morgan fingerprint density at radius 1 is 0.921 bits per heavy atom. The van der Waals surface area contributed by atoms with E-state index in [9.17, 15) is 9.59 Å². The lowest BCUT2D eigenvalue weighted by Gasteiger charge is -2.32. The third kappa shape index (κ3) is 8.73. The van der Waals surface area contributed by atoms with Gasteiger partial charge in [-0.15, -0.1) is 0 Å². The Morgan fingerprint density at radius 3 is 2.24 bits per heavy atom. The number of ether oxygens (including phenoxy) is 1. The minimum absolute atomic E-state index is 0.137. The molecule has 0 aliphatic rings. The maximum atomic E-state index is 13.9. The molecule has 3 rings (SSSR count). The Bertz CT molecular complexity index is 1200. The van der Waals surface area contributed by atoms with Crippen molar-refractivity contribution in [1.29, 1.82) is 0 Å². The molecule has 0 heterocycles. The number of halogens is 1. The van der Waals surface area contributed by atoms with Gasteiger partial charge in [0.1, 0.15) is 11.8 Å². The van der Waals surface area contributed by atoms with E-state index >= 15 is 0 Å². The second-order valence-electron chi connectivity index (χ2n) is 11.0. The third-order valence-corrected chi connectivity index (χ3v) is 6.74. The molecule has 3 aromatic carbocycles. The molecular formula is C32H39BrN2O3. The smallest absolute Gasteiger partial charge is 0.261 e. The number of hydrogen-bond acceptors (Lipinski definition) is 3. The Labute approximate surface area is 235 Å². The normalized spacial score (nSPS) is 12.2. The van der Waals surface area contributed by atoms with Gasteiger partial charge in [0.05, 0.1) is 0 Å². The zero-order chi connectivity index (χ0) is 27.7. The summed E-state index contributed by atoms with van der Waals surface area (Å²) in [6.45, 7) is 11.1. The number of rotatable bonds is 11. The number of carbonyl (C=O) groups excluding carboxylic acids is 2. The van der Waals surface area contributed by atoms with E-state index in [1.54, 1.807) is 4.90 Å². The van der Waals surface area contributed by atoms with Crippen LogP contribution in [0.25, 0.3) is 0 Å². The maximum absolute atomic E-state index is 13.9. The van der Waals surface area contributed by atoms with Gasteiger partial charge in [-0.25, -0.2) is 0 Å². The Kier molecular flexibility index (Phi) is 10.5. The van der Waals surface area contributed by atoms with Crippen LogP contribution in [0.4, 0.5) is 0 Å². The van der Waals surface area contributed by atoms with E-state index in [2.05, 4.69) is 55.9 Å². The number of nitrogens with zero attached hydrogens (tertiary/aromatic N) is 1. The highest BCUT2D eigenvalue weighted by Gasteiger charge is 2.31. The topological polar surface area (TPSA) is 58.6 Å². The van der Waals surface area contributed by atoms with Crippen molar-refractivity contribution in [3.63, 3.8) is 0 Å². The molecule has 3 aromatic rings. The van der Waals surface area contributed by atoms with Crippen LogP contribution < -0.4 is 10.1 Å². The summed E-state index contributed by atoms with van der Waals surface area (Å²) >= 11 is 3.53. The van der Waals surface area contributed by atoms with Crippen molar-refractivity contribution >= 4 is 27.7 Å². The van der Waals surface area contributed by atoms with Gasteiger partial charge in [0, 0.05) is 24.0 Å². The van der Waals surface area contributed by atoms with Gasteiger partial charge in [-0.2, -0.15) is 0 Å². The van der Waals surface area contributed by atoms with E-state index in [1.165, 1.54) is 0 Å². The van der Waals surface area contributed by atoms with Crippen molar-refractivity contribution in [2.75, 3.05) is 13.2 Å². The van der Waals surface area contributed by atoms with Crippen LogP contribution in [0.15, 0.2) is 83.3 Å². The fourth-order valence-corrected chi connectivity index (χ4v) is 4.69. The number of benzene rings is 3. The fraction of sp³-hybridized carbons (Fsp3) is 0.375. The number of para-hydroxylation sites is 1. The van der Waals surface area contributed by atoms with E-state index in [4.69, 9.17) is 4.74 Å². The van der Waals surface area contributed by atoms with Crippen LogP contribution in [0.2, 0.25) is 0 Å². The first kappa shape index (κ1) is 29.4. The molecule has 0 saturated carbocycles. The predicted octanol–water partition coefficient (Wildman–Crippen LogP) is 6.54. The first-order valence-corrected chi connectivity index (χ1v) is 13.9. The van der Waals surface area contributed by atoms with Crippen LogP contribution in [0.3, 0.4) is 0 Å². The second-order valence-corrected chi connectivity index (χ2v) is 11.9. The lowest BCUT2D eigenvalue weighted by Crippen LogP contribution is -2.52. The molecule has 0 fully saturated rings. The molecule has 6 heteroatoms. The maximum Gasteiger partial charge on any atom is 0.261 e. The molecule has 0 saturated heterocycles. The van der Waals surface area contributed by atoms with Crippen molar-refractivity contribution in [2.45, 2.75) is 59.0 Å². The molecule has 202 valence electrons. The molecule has 1 atom stereocenters. The molecule has 5 nitrogen and oxygen atoms in total. The van der Waals surface area contributed by atoms with Gasteiger partial charge in [0.2, 0.25) is 5.91 Å². The van der Waals surface area contributed by atoms with Crippen LogP contribution in [-0.2, 0) is 28.0 Å². The SMILES string of the molecule is CC(C)CNC(=O)[C@H](Cc1ccccc1)N(Cc1cccc(Br)c1)C(=O)COc1ccccc1C(C)(C)C. The largest absolute Gasteiger partial charge is 0.483 e. The lowest BCUT2D eigenvalue weighted by molar-refractivity contribution is -0.142. The Hall–Kier alpha value is -3.12. The molecular weight excluding hydrogens is 540 g/mol. The van der Waals surface area contributed by atoms with Gasteiger partial charge < -0.3 is 15.0 Å². The summed E-state index contributed by atoms with van der Waals surface area (Å²) in [7, 11) is 0. The highest BCUT2D eigenvalue weighted by atomic mass is 79.9. The van der Waals surface area contributed by atoms with Crippen LogP contribution >= 0.6 is 15.9 Å². The average Bonchev–Trinajstić information content (AvgIpc) is 2.88. The Morgan fingerprint density at radius 2 is 1.58 bits per heavy atom. The summed E-state index contributed by atoms with van der Waals surface area (Å²) in [6, 6.07) is 24.7. The van der Waals surface area contributed by atoms with Gasteiger partial charge >= 0.3 is 0 Å². The Balaban J connectivity index is 1.94. The summed E-state index contributed by atoms with van der Waals surface area (Å²) in [4.78, 5) is 29.1. The summed E-state index contributed by atoms with van der Waals surface area (Å²) in [5.74, 6) is 0.567. The molecule has 0 aromatic heterocycles. The van der Waals surface area contributed by atoms with Crippen molar-refractivity contribution < 1.29 is 14.3 Å². The van der Waals surface area contributed by atoms with Gasteiger partial charge in [-0.3, -0.25) is 9.59 Å². The molecule has 0 aliphatic carbocycles. The van der Waals surface area contributed by atoms with Crippen LogP contribution in [0.1, 0.15) is 51.3 Å². The van der Waals surface area contributed by atoms with E-state index in [-0.39, 0.29) is 30.4 Å². The van der Waals surface area contributed by atoms with Crippen molar-refractivity contribution in [3.8, 4) is 5.75 Å². The van der Waals surface area contributed by atoms with Crippen molar-refractivity contribution in [2.24, 2.45) is 5.92 Å².